The standard InChI is InChI=1S/C20H16N2O2/c1-2-23-15-9-7-14(8-10-15)18-13-22-24-20(18)17-11-12-21-19-6-4-3-5-16(17)19/h3-13H,2H2,1H3. The second-order valence-corrected chi connectivity index (χ2v) is 5.40. The van der Waals surface area contributed by atoms with Crippen LogP contribution in [-0.2, 0) is 0 Å². The maximum Gasteiger partial charge on any atom is 0.175 e. The number of hydrogen-bond donors (Lipinski definition) is 0. The van der Waals surface area contributed by atoms with Crippen LogP contribution < -0.4 is 4.74 Å². The molecule has 2 aromatic carbocycles. The Balaban J connectivity index is 1.82. The predicted octanol–water partition coefficient (Wildman–Crippen LogP) is 4.96. The van der Waals surface area contributed by atoms with Gasteiger partial charge in [-0.05, 0) is 36.8 Å². The van der Waals surface area contributed by atoms with E-state index in [4.69, 9.17) is 9.26 Å². The van der Waals surface area contributed by atoms with Crippen LogP contribution in [0.4, 0.5) is 0 Å². The molecule has 0 amide bonds. The summed E-state index contributed by atoms with van der Waals surface area (Å²) in [5.41, 5.74) is 3.91. The summed E-state index contributed by atoms with van der Waals surface area (Å²) < 4.78 is 11.1. The van der Waals surface area contributed by atoms with Gasteiger partial charge >= 0.3 is 0 Å². The van der Waals surface area contributed by atoms with Crippen LogP contribution in [0.1, 0.15) is 6.92 Å². The van der Waals surface area contributed by atoms with Gasteiger partial charge in [0.05, 0.1) is 18.3 Å². The lowest BCUT2D eigenvalue weighted by atomic mass is 10.00. The van der Waals surface area contributed by atoms with E-state index in [0.29, 0.717) is 6.61 Å². The van der Waals surface area contributed by atoms with Gasteiger partial charge in [0.1, 0.15) is 5.75 Å². The van der Waals surface area contributed by atoms with Crippen LogP contribution in [-0.4, -0.2) is 16.7 Å². The summed E-state index contributed by atoms with van der Waals surface area (Å²) >= 11 is 0. The highest BCUT2D eigenvalue weighted by Gasteiger charge is 2.15. The number of ether oxygens (including phenoxy) is 1. The third kappa shape index (κ3) is 2.52. The fraction of sp³-hybridized carbons (Fsp3) is 0.100. The first-order valence-electron chi connectivity index (χ1n) is 7.89. The van der Waals surface area contributed by atoms with Gasteiger partial charge in [-0.2, -0.15) is 0 Å². The minimum atomic E-state index is 0.654. The van der Waals surface area contributed by atoms with E-state index in [0.717, 1.165) is 39.1 Å². The van der Waals surface area contributed by atoms with Crippen LogP contribution in [0.15, 0.2) is 71.5 Å². The first-order valence-corrected chi connectivity index (χ1v) is 7.89. The number of pyridine rings is 1. The van der Waals surface area contributed by atoms with Crippen molar-refractivity contribution in [1.82, 2.24) is 10.1 Å². The molecule has 24 heavy (non-hydrogen) atoms. The number of aromatic nitrogens is 2. The molecule has 0 saturated heterocycles. The molecular formula is C20H16N2O2. The molecule has 2 aromatic heterocycles. The van der Waals surface area contributed by atoms with E-state index < -0.39 is 0 Å². The average molecular weight is 316 g/mol. The van der Waals surface area contributed by atoms with Crippen molar-refractivity contribution in [2.24, 2.45) is 0 Å². The highest BCUT2D eigenvalue weighted by atomic mass is 16.5. The lowest BCUT2D eigenvalue weighted by Gasteiger charge is -2.07. The predicted molar refractivity (Wildman–Crippen MR) is 93.8 cm³/mol. The van der Waals surface area contributed by atoms with E-state index in [9.17, 15) is 0 Å². The van der Waals surface area contributed by atoms with E-state index in [1.807, 2.05) is 61.5 Å². The van der Waals surface area contributed by atoms with Crippen LogP contribution in [0, 0.1) is 0 Å². The molecule has 0 fully saturated rings. The molecule has 4 heteroatoms. The van der Waals surface area contributed by atoms with Crippen molar-refractivity contribution in [1.29, 1.82) is 0 Å². The molecule has 118 valence electrons. The molecule has 4 nitrogen and oxygen atoms in total. The molecule has 0 unspecified atom stereocenters. The molecule has 2 heterocycles. The first-order chi connectivity index (χ1) is 11.9. The van der Waals surface area contributed by atoms with Gasteiger partial charge in [0.25, 0.3) is 0 Å². The Hall–Kier alpha value is -3.14. The van der Waals surface area contributed by atoms with Gasteiger partial charge in [-0.15, -0.1) is 0 Å². The third-order valence-corrected chi connectivity index (χ3v) is 3.94. The van der Waals surface area contributed by atoms with E-state index in [1.165, 1.54) is 0 Å². The number of para-hydroxylation sites is 1. The smallest absolute Gasteiger partial charge is 0.175 e. The summed E-state index contributed by atoms with van der Waals surface area (Å²) in [5.74, 6) is 1.60. The van der Waals surface area contributed by atoms with Gasteiger partial charge in [-0.25, -0.2) is 0 Å². The Morgan fingerprint density at radius 3 is 2.62 bits per heavy atom. The van der Waals surface area contributed by atoms with Crippen molar-refractivity contribution in [3.8, 4) is 28.2 Å². The summed E-state index contributed by atoms with van der Waals surface area (Å²) in [7, 11) is 0. The van der Waals surface area contributed by atoms with Crippen LogP contribution in [0.3, 0.4) is 0 Å². The number of hydrogen-bond acceptors (Lipinski definition) is 4. The van der Waals surface area contributed by atoms with Crippen molar-refractivity contribution in [3.63, 3.8) is 0 Å². The molecular weight excluding hydrogens is 300 g/mol. The Labute approximate surface area is 139 Å². The molecule has 0 radical (unpaired) electrons. The van der Waals surface area contributed by atoms with E-state index in [2.05, 4.69) is 10.1 Å². The van der Waals surface area contributed by atoms with Gasteiger partial charge in [-0.3, -0.25) is 4.98 Å². The summed E-state index contributed by atoms with van der Waals surface area (Å²) in [6.45, 7) is 2.63. The van der Waals surface area contributed by atoms with Crippen LogP contribution in [0.2, 0.25) is 0 Å². The van der Waals surface area contributed by atoms with Crippen LogP contribution >= 0.6 is 0 Å². The molecule has 0 N–H and O–H groups in total. The Bertz CT molecular complexity index is 969. The van der Waals surface area contributed by atoms with E-state index in [1.54, 1.807) is 12.4 Å². The summed E-state index contributed by atoms with van der Waals surface area (Å²) in [4.78, 5) is 4.41. The van der Waals surface area contributed by atoms with E-state index in [-0.39, 0.29) is 0 Å². The second kappa shape index (κ2) is 6.16. The van der Waals surface area contributed by atoms with Crippen LogP contribution in [0.5, 0.6) is 5.75 Å². The number of nitrogens with zero attached hydrogens (tertiary/aromatic N) is 2. The van der Waals surface area contributed by atoms with Crippen LogP contribution in [0.25, 0.3) is 33.4 Å². The minimum Gasteiger partial charge on any atom is -0.494 e. The summed E-state index contributed by atoms with van der Waals surface area (Å²) in [6, 6.07) is 17.9. The zero-order valence-electron chi connectivity index (χ0n) is 13.3. The molecule has 0 spiro atoms. The molecule has 0 aliphatic heterocycles. The highest BCUT2D eigenvalue weighted by Crippen LogP contribution is 2.35. The van der Waals surface area contributed by atoms with Gasteiger partial charge < -0.3 is 9.26 Å². The monoisotopic (exact) mass is 316 g/mol. The fourth-order valence-electron chi connectivity index (χ4n) is 2.83. The van der Waals surface area contributed by atoms with Gasteiger partial charge in [0, 0.05) is 22.7 Å². The molecule has 4 aromatic rings. The molecule has 0 aliphatic rings. The summed E-state index contributed by atoms with van der Waals surface area (Å²) in [6.07, 6.45) is 3.54. The van der Waals surface area contributed by atoms with Crippen molar-refractivity contribution in [2.75, 3.05) is 6.61 Å². The highest BCUT2D eigenvalue weighted by molar-refractivity contribution is 5.96. The molecule has 0 saturated carbocycles. The van der Waals surface area contributed by atoms with Crippen molar-refractivity contribution >= 4 is 10.9 Å². The van der Waals surface area contributed by atoms with Gasteiger partial charge in [-0.1, -0.05) is 35.5 Å². The summed E-state index contributed by atoms with van der Waals surface area (Å²) in [5, 5.41) is 5.06. The van der Waals surface area contributed by atoms with Crippen molar-refractivity contribution in [3.05, 3.63) is 67.0 Å². The number of benzene rings is 2. The number of rotatable bonds is 4. The van der Waals surface area contributed by atoms with E-state index >= 15 is 0 Å². The lowest BCUT2D eigenvalue weighted by Crippen LogP contribution is -1.90. The number of fused-ring (bicyclic) bond motifs is 1. The largest absolute Gasteiger partial charge is 0.494 e. The van der Waals surface area contributed by atoms with Crippen molar-refractivity contribution in [2.45, 2.75) is 6.92 Å². The second-order valence-electron chi connectivity index (χ2n) is 5.40. The quantitative estimate of drug-likeness (QED) is 0.534. The molecule has 0 bridgehead atoms. The SMILES string of the molecule is CCOc1ccc(-c2cnoc2-c2ccnc3ccccc23)cc1. The average Bonchev–Trinajstić information content (AvgIpc) is 3.12. The Morgan fingerprint density at radius 1 is 0.958 bits per heavy atom. The topological polar surface area (TPSA) is 48.2 Å². The maximum atomic E-state index is 5.58. The first kappa shape index (κ1) is 14.5. The zero-order valence-corrected chi connectivity index (χ0v) is 13.3. The molecule has 4 rings (SSSR count). The minimum absolute atomic E-state index is 0.654. The Morgan fingerprint density at radius 2 is 1.79 bits per heavy atom. The van der Waals surface area contributed by atoms with Gasteiger partial charge in [0.2, 0.25) is 0 Å². The zero-order chi connectivity index (χ0) is 16.4. The normalized spacial score (nSPS) is 10.9. The Kier molecular flexibility index (Phi) is 3.71. The van der Waals surface area contributed by atoms with Gasteiger partial charge in [0.15, 0.2) is 5.76 Å². The molecule has 0 atom stereocenters. The van der Waals surface area contributed by atoms with Crippen molar-refractivity contribution < 1.29 is 9.26 Å². The lowest BCUT2D eigenvalue weighted by molar-refractivity contribution is 0.340. The fourth-order valence-corrected chi connectivity index (χ4v) is 2.83. The third-order valence-electron chi connectivity index (χ3n) is 3.94. The molecule has 0 aliphatic carbocycles. The maximum absolute atomic E-state index is 5.58.